The molecule has 0 radical (unpaired) electrons. The van der Waals surface area contributed by atoms with Crippen LogP contribution in [0, 0.1) is 0 Å². The lowest BCUT2D eigenvalue weighted by Crippen LogP contribution is -2.37. The molecule has 0 saturated carbocycles. The molecule has 1 aliphatic rings. The molecule has 0 atom stereocenters. The maximum absolute atomic E-state index is 5.22. The fourth-order valence-corrected chi connectivity index (χ4v) is 1.31. The Morgan fingerprint density at radius 1 is 1.36 bits per heavy atom. The Balaban J connectivity index is 1.96. The van der Waals surface area contributed by atoms with Gasteiger partial charge in [0.25, 0.3) is 0 Å². The van der Waals surface area contributed by atoms with Gasteiger partial charge in [-0.2, -0.15) is 0 Å². The van der Waals surface area contributed by atoms with Crippen LogP contribution in [0.3, 0.4) is 0 Å². The van der Waals surface area contributed by atoms with Crippen molar-refractivity contribution < 1.29 is 8.92 Å². The SMILES string of the molecule is SOCCCN1CCOCC1. The summed E-state index contributed by atoms with van der Waals surface area (Å²) in [4.78, 5) is 2.39. The van der Waals surface area contributed by atoms with Gasteiger partial charge >= 0.3 is 0 Å². The van der Waals surface area contributed by atoms with E-state index in [1.165, 1.54) is 0 Å². The van der Waals surface area contributed by atoms with Crippen LogP contribution in [0.4, 0.5) is 0 Å². The molecule has 3 nitrogen and oxygen atoms in total. The van der Waals surface area contributed by atoms with Gasteiger partial charge in [-0.25, -0.2) is 0 Å². The van der Waals surface area contributed by atoms with E-state index in [4.69, 9.17) is 4.74 Å². The first kappa shape index (κ1) is 9.32. The molecule has 1 aliphatic heterocycles. The monoisotopic (exact) mass is 177 g/mol. The third-order valence-electron chi connectivity index (χ3n) is 1.81. The summed E-state index contributed by atoms with van der Waals surface area (Å²) < 4.78 is 9.89. The Morgan fingerprint density at radius 3 is 2.73 bits per heavy atom. The smallest absolute Gasteiger partial charge is 0.0622 e. The van der Waals surface area contributed by atoms with Gasteiger partial charge in [0.15, 0.2) is 0 Å². The number of rotatable bonds is 4. The van der Waals surface area contributed by atoms with Gasteiger partial charge in [-0.1, -0.05) is 0 Å². The molecule has 66 valence electrons. The van der Waals surface area contributed by atoms with Gasteiger partial charge in [0.2, 0.25) is 0 Å². The number of hydrogen-bond donors (Lipinski definition) is 1. The van der Waals surface area contributed by atoms with Crippen LogP contribution in [0.5, 0.6) is 0 Å². The molecule has 0 bridgehead atoms. The van der Waals surface area contributed by atoms with Gasteiger partial charge in [0.05, 0.1) is 19.8 Å². The maximum Gasteiger partial charge on any atom is 0.0622 e. The molecule has 1 saturated heterocycles. The fourth-order valence-electron chi connectivity index (χ4n) is 1.18. The second-order valence-electron chi connectivity index (χ2n) is 2.64. The molecule has 4 heteroatoms. The summed E-state index contributed by atoms with van der Waals surface area (Å²) >= 11 is 3.68. The number of ether oxygens (including phenoxy) is 1. The van der Waals surface area contributed by atoms with Gasteiger partial charge in [-0.15, -0.1) is 0 Å². The molecule has 0 N–H and O–H groups in total. The van der Waals surface area contributed by atoms with Crippen LogP contribution >= 0.6 is 12.9 Å². The topological polar surface area (TPSA) is 21.7 Å². The van der Waals surface area contributed by atoms with Crippen LogP contribution < -0.4 is 0 Å². The van der Waals surface area contributed by atoms with Crippen molar-refractivity contribution in [2.45, 2.75) is 6.42 Å². The van der Waals surface area contributed by atoms with Crippen LogP contribution in [0.15, 0.2) is 0 Å². The first-order valence-electron chi connectivity index (χ1n) is 4.00. The number of nitrogens with zero attached hydrogens (tertiary/aromatic N) is 1. The molecule has 0 unspecified atom stereocenters. The normalized spacial score (nSPS) is 20.5. The van der Waals surface area contributed by atoms with Crippen LogP contribution in [0.2, 0.25) is 0 Å². The Labute approximate surface area is 73.3 Å². The number of hydrogen-bond acceptors (Lipinski definition) is 4. The molecule has 0 aliphatic carbocycles. The van der Waals surface area contributed by atoms with Gasteiger partial charge < -0.3 is 8.92 Å². The molecule has 0 aromatic rings. The Morgan fingerprint density at radius 2 is 2.09 bits per heavy atom. The molecule has 0 aromatic carbocycles. The van der Waals surface area contributed by atoms with E-state index >= 15 is 0 Å². The van der Waals surface area contributed by atoms with Crippen molar-refractivity contribution in [3.63, 3.8) is 0 Å². The summed E-state index contributed by atoms with van der Waals surface area (Å²) in [5.74, 6) is 0. The highest BCUT2D eigenvalue weighted by Gasteiger charge is 2.08. The highest BCUT2D eigenvalue weighted by atomic mass is 32.1. The Kier molecular flexibility index (Phi) is 4.94. The highest BCUT2D eigenvalue weighted by molar-refractivity contribution is 7.75. The maximum atomic E-state index is 5.22. The predicted molar refractivity (Wildman–Crippen MR) is 46.8 cm³/mol. The third kappa shape index (κ3) is 3.96. The number of thiol groups is 1. The minimum atomic E-state index is 0.737. The zero-order valence-electron chi connectivity index (χ0n) is 6.66. The van der Waals surface area contributed by atoms with E-state index in [9.17, 15) is 0 Å². The van der Waals surface area contributed by atoms with Gasteiger partial charge in [-0.05, 0) is 19.3 Å². The zero-order chi connectivity index (χ0) is 7.94. The second kappa shape index (κ2) is 5.83. The van der Waals surface area contributed by atoms with Crippen molar-refractivity contribution in [1.82, 2.24) is 4.90 Å². The van der Waals surface area contributed by atoms with Crippen LogP contribution in [0.1, 0.15) is 6.42 Å². The third-order valence-corrected chi connectivity index (χ3v) is 2.00. The molecule has 0 spiro atoms. The highest BCUT2D eigenvalue weighted by Crippen LogP contribution is 1.98. The summed E-state index contributed by atoms with van der Waals surface area (Å²) in [6.07, 6.45) is 1.06. The van der Waals surface area contributed by atoms with Crippen molar-refractivity contribution in [1.29, 1.82) is 0 Å². The van der Waals surface area contributed by atoms with E-state index < -0.39 is 0 Å². The average molecular weight is 177 g/mol. The Hall–Kier alpha value is 0.230. The molecule has 11 heavy (non-hydrogen) atoms. The standard InChI is InChI=1S/C7H15NO2S/c11-10-5-1-2-8-3-6-9-7-4-8/h11H,1-7H2. The first-order valence-corrected chi connectivity index (χ1v) is 4.36. The van der Waals surface area contributed by atoms with E-state index in [1.54, 1.807) is 0 Å². The molecule has 1 heterocycles. The van der Waals surface area contributed by atoms with E-state index in [1.807, 2.05) is 0 Å². The van der Waals surface area contributed by atoms with Crippen molar-refractivity contribution in [3.05, 3.63) is 0 Å². The van der Waals surface area contributed by atoms with Crippen molar-refractivity contribution in [2.24, 2.45) is 0 Å². The molecular weight excluding hydrogens is 162 g/mol. The van der Waals surface area contributed by atoms with Gasteiger partial charge in [0, 0.05) is 19.6 Å². The fraction of sp³-hybridized carbons (Fsp3) is 1.00. The van der Waals surface area contributed by atoms with Crippen LogP contribution in [-0.2, 0) is 8.92 Å². The molecule has 1 fully saturated rings. The van der Waals surface area contributed by atoms with Crippen molar-refractivity contribution in [3.8, 4) is 0 Å². The van der Waals surface area contributed by atoms with Gasteiger partial charge in [0.1, 0.15) is 0 Å². The second-order valence-corrected chi connectivity index (χ2v) is 2.90. The van der Waals surface area contributed by atoms with Crippen molar-refractivity contribution >= 4 is 12.9 Å². The predicted octanol–water partition coefficient (Wildman–Crippen LogP) is 0.570. The summed E-state index contributed by atoms with van der Waals surface area (Å²) in [5, 5.41) is 0. The molecule has 0 amide bonds. The minimum absolute atomic E-state index is 0.737. The Bertz CT molecular complexity index is 96.4. The largest absolute Gasteiger partial charge is 0.379 e. The first-order chi connectivity index (χ1) is 5.43. The van der Waals surface area contributed by atoms with Gasteiger partial charge in [-0.3, -0.25) is 4.90 Å². The summed E-state index contributed by atoms with van der Waals surface area (Å²) in [6, 6.07) is 0. The lowest BCUT2D eigenvalue weighted by atomic mass is 10.3. The van der Waals surface area contributed by atoms with Crippen molar-refractivity contribution in [2.75, 3.05) is 39.5 Å². The quantitative estimate of drug-likeness (QED) is 0.385. The molecule has 1 rings (SSSR count). The average Bonchev–Trinajstić information content (AvgIpc) is 2.07. The van der Waals surface area contributed by atoms with E-state index in [0.29, 0.717) is 0 Å². The van der Waals surface area contributed by atoms with E-state index in [0.717, 1.165) is 45.9 Å². The summed E-state index contributed by atoms with van der Waals surface area (Å²) in [5.41, 5.74) is 0. The van der Waals surface area contributed by atoms with E-state index in [2.05, 4.69) is 22.0 Å². The van der Waals surface area contributed by atoms with Crippen LogP contribution in [0.25, 0.3) is 0 Å². The minimum Gasteiger partial charge on any atom is -0.379 e. The molecular formula is C7H15NO2S. The lowest BCUT2D eigenvalue weighted by molar-refractivity contribution is 0.0361. The summed E-state index contributed by atoms with van der Waals surface area (Å²) in [7, 11) is 0. The molecule has 0 aromatic heterocycles. The van der Waals surface area contributed by atoms with E-state index in [-0.39, 0.29) is 0 Å². The summed E-state index contributed by atoms with van der Waals surface area (Å²) in [6.45, 7) is 5.72. The number of morpholine rings is 1. The van der Waals surface area contributed by atoms with Crippen LogP contribution in [-0.4, -0.2) is 44.4 Å². The zero-order valence-corrected chi connectivity index (χ0v) is 7.56. The lowest BCUT2D eigenvalue weighted by Gasteiger charge is -2.26.